The number of aromatic hydroxyl groups is 1. The van der Waals surface area contributed by atoms with E-state index in [2.05, 4.69) is 11.4 Å². The zero-order valence-electron chi connectivity index (χ0n) is 9.04. The second-order valence-electron chi connectivity index (χ2n) is 3.54. The average molecular weight is 239 g/mol. The maximum absolute atomic E-state index is 9.62. The molecule has 86 valence electrons. The molecule has 0 radical (unpaired) electrons. The Bertz CT molecular complexity index is 374. The van der Waals surface area contributed by atoms with Crippen LogP contribution < -0.4 is 5.32 Å². The van der Waals surface area contributed by atoms with Gasteiger partial charge in [-0.2, -0.15) is 5.26 Å². The Kier molecular flexibility index (Phi) is 5.69. The quantitative estimate of drug-likeness (QED) is 0.750. The molecule has 0 aliphatic heterocycles. The summed E-state index contributed by atoms with van der Waals surface area (Å²) in [4.78, 5) is 0. The highest BCUT2D eigenvalue weighted by Crippen LogP contribution is 2.26. The van der Waals surface area contributed by atoms with E-state index in [0.717, 1.165) is 24.9 Å². The number of hydrogen-bond donors (Lipinski definition) is 2. The number of halogens is 1. The molecule has 2 N–H and O–H groups in total. The second-order valence-corrected chi connectivity index (χ2v) is 3.95. The van der Waals surface area contributed by atoms with Crippen LogP contribution in [0.25, 0.3) is 0 Å². The van der Waals surface area contributed by atoms with Gasteiger partial charge in [-0.15, -0.1) is 0 Å². The fourth-order valence-electron chi connectivity index (χ4n) is 1.38. The van der Waals surface area contributed by atoms with E-state index >= 15 is 0 Å². The minimum absolute atomic E-state index is 0.147. The monoisotopic (exact) mass is 238 g/mol. The number of rotatable bonds is 6. The van der Waals surface area contributed by atoms with Crippen molar-refractivity contribution in [2.45, 2.75) is 25.8 Å². The molecular formula is C12H15ClN2O. The van der Waals surface area contributed by atoms with E-state index in [0.29, 0.717) is 18.0 Å². The molecule has 0 aliphatic carbocycles. The molecule has 0 atom stereocenters. The van der Waals surface area contributed by atoms with Crippen LogP contribution in [0.5, 0.6) is 5.75 Å². The van der Waals surface area contributed by atoms with Crippen molar-refractivity contribution in [3.8, 4) is 11.8 Å². The van der Waals surface area contributed by atoms with Gasteiger partial charge in [-0.25, -0.2) is 0 Å². The van der Waals surface area contributed by atoms with Crippen molar-refractivity contribution in [3.63, 3.8) is 0 Å². The third-order valence-corrected chi connectivity index (χ3v) is 2.58. The Hall–Kier alpha value is -1.24. The van der Waals surface area contributed by atoms with Gasteiger partial charge in [0, 0.05) is 18.5 Å². The zero-order chi connectivity index (χ0) is 11.8. The summed E-state index contributed by atoms with van der Waals surface area (Å²) in [6, 6.07) is 7.42. The van der Waals surface area contributed by atoms with Crippen molar-refractivity contribution in [2.24, 2.45) is 0 Å². The highest BCUT2D eigenvalue weighted by molar-refractivity contribution is 6.32. The molecule has 0 saturated heterocycles. The van der Waals surface area contributed by atoms with Crippen LogP contribution in [0, 0.1) is 11.3 Å². The van der Waals surface area contributed by atoms with Gasteiger partial charge < -0.3 is 10.4 Å². The van der Waals surface area contributed by atoms with Gasteiger partial charge in [0.1, 0.15) is 5.75 Å². The van der Waals surface area contributed by atoms with Crippen LogP contribution in [0.3, 0.4) is 0 Å². The third kappa shape index (κ3) is 4.09. The molecule has 0 aromatic heterocycles. The zero-order valence-corrected chi connectivity index (χ0v) is 9.80. The van der Waals surface area contributed by atoms with Crippen LogP contribution >= 0.6 is 11.6 Å². The number of benzene rings is 1. The van der Waals surface area contributed by atoms with Crippen LogP contribution in [-0.2, 0) is 6.54 Å². The van der Waals surface area contributed by atoms with Gasteiger partial charge in [-0.1, -0.05) is 23.7 Å². The number of para-hydroxylation sites is 1. The summed E-state index contributed by atoms with van der Waals surface area (Å²) in [5, 5.41) is 21.6. The average Bonchev–Trinajstić information content (AvgIpc) is 2.29. The summed E-state index contributed by atoms with van der Waals surface area (Å²) in [6.45, 7) is 1.44. The largest absolute Gasteiger partial charge is 0.506 e. The van der Waals surface area contributed by atoms with Gasteiger partial charge in [0.05, 0.1) is 11.1 Å². The first-order valence-corrected chi connectivity index (χ1v) is 5.67. The molecule has 0 saturated carbocycles. The Morgan fingerprint density at radius 1 is 1.38 bits per heavy atom. The lowest BCUT2D eigenvalue weighted by Crippen LogP contribution is -2.14. The number of hydrogen-bond acceptors (Lipinski definition) is 3. The number of unbranched alkanes of at least 4 members (excludes halogenated alkanes) is 2. The lowest BCUT2D eigenvalue weighted by molar-refractivity contribution is 0.464. The minimum Gasteiger partial charge on any atom is -0.506 e. The number of phenolic OH excluding ortho intramolecular Hbond substituents is 1. The van der Waals surface area contributed by atoms with Crippen molar-refractivity contribution in [3.05, 3.63) is 28.8 Å². The Morgan fingerprint density at radius 3 is 2.94 bits per heavy atom. The normalized spacial score (nSPS) is 10.0. The van der Waals surface area contributed by atoms with Crippen molar-refractivity contribution >= 4 is 11.6 Å². The summed E-state index contributed by atoms with van der Waals surface area (Å²) in [5.74, 6) is 0.147. The van der Waals surface area contributed by atoms with Gasteiger partial charge in [0.25, 0.3) is 0 Å². The molecule has 16 heavy (non-hydrogen) atoms. The second kappa shape index (κ2) is 7.10. The number of nitrogens with one attached hydrogen (secondary N) is 1. The fourth-order valence-corrected chi connectivity index (χ4v) is 1.57. The molecule has 1 rings (SSSR count). The molecule has 0 heterocycles. The Labute approximate surface area is 101 Å². The van der Waals surface area contributed by atoms with Crippen LogP contribution in [-0.4, -0.2) is 11.7 Å². The molecule has 1 aromatic rings. The van der Waals surface area contributed by atoms with Crippen molar-refractivity contribution < 1.29 is 5.11 Å². The van der Waals surface area contributed by atoms with E-state index in [1.165, 1.54) is 0 Å². The van der Waals surface area contributed by atoms with Gasteiger partial charge in [0.15, 0.2) is 0 Å². The topological polar surface area (TPSA) is 56.0 Å². The first-order chi connectivity index (χ1) is 7.75. The van der Waals surface area contributed by atoms with Gasteiger partial charge in [-0.3, -0.25) is 0 Å². The SMILES string of the molecule is N#CCCCCNCc1cccc(Cl)c1O. The summed E-state index contributed by atoms with van der Waals surface area (Å²) < 4.78 is 0. The molecule has 0 unspecified atom stereocenters. The predicted molar refractivity (Wildman–Crippen MR) is 64.3 cm³/mol. The Morgan fingerprint density at radius 2 is 2.19 bits per heavy atom. The molecule has 4 heteroatoms. The minimum atomic E-state index is 0.147. The maximum atomic E-state index is 9.62. The highest BCUT2D eigenvalue weighted by Gasteiger charge is 2.03. The number of nitrogens with zero attached hydrogens (tertiary/aromatic N) is 1. The standard InChI is InChI=1S/C12H15ClN2O/c13-11-6-4-5-10(12(11)16)9-15-8-3-1-2-7-14/h4-6,15-16H,1-3,8-9H2. The van der Waals surface area contributed by atoms with Crippen LogP contribution in [0.2, 0.25) is 5.02 Å². The van der Waals surface area contributed by atoms with E-state index in [1.54, 1.807) is 6.07 Å². The number of phenols is 1. The van der Waals surface area contributed by atoms with E-state index in [-0.39, 0.29) is 5.75 Å². The molecule has 0 amide bonds. The van der Waals surface area contributed by atoms with Crippen LogP contribution in [0.1, 0.15) is 24.8 Å². The van der Waals surface area contributed by atoms with E-state index in [9.17, 15) is 5.11 Å². The summed E-state index contributed by atoms with van der Waals surface area (Å²) in [6.07, 6.45) is 2.48. The van der Waals surface area contributed by atoms with Crippen LogP contribution in [0.4, 0.5) is 0 Å². The smallest absolute Gasteiger partial charge is 0.138 e. The molecule has 0 fully saturated rings. The first-order valence-electron chi connectivity index (χ1n) is 5.29. The van der Waals surface area contributed by atoms with Gasteiger partial charge >= 0.3 is 0 Å². The van der Waals surface area contributed by atoms with Gasteiger partial charge in [0.2, 0.25) is 0 Å². The predicted octanol–water partition coefficient (Wildman–Crippen LogP) is 2.83. The van der Waals surface area contributed by atoms with Gasteiger partial charge in [-0.05, 0) is 25.5 Å². The maximum Gasteiger partial charge on any atom is 0.138 e. The fraction of sp³-hybridized carbons (Fsp3) is 0.417. The third-order valence-electron chi connectivity index (χ3n) is 2.28. The van der Waals surface area contributed by atoms with Crippen molar-refractivity contribution in [2.75, 3.05) is 6.54 Å². The molecule has 1 aromatic carbocycles. The first kappa shape index (κ1) is 12.8. The molecule has 0 bridgehead atoms. The van der Waals surface area contributed by atoms with Crippen LogP contribution in [0.15, 0.2) is 18.2 Å². The summed E-state index contributed by atoms with van der Waals surface area (Å²) >= 11 is 5.78. The highest BCUT2D eigenvalue weighted by atomic mass is 35.5. The molecule has 0 spiro atoms. The summed E-state index contributed by atoms with van der Waals surface area (Å²) in [5.41, 5.74) is 0.799. The summed E-state index contributed by atoms with van der Waals surface area (Å²) in [7, 11) is 0. The lowest BCUT2D eigenvalue weighted by atomic mass is 10.2. The van der Waals surface area contributed by atoms with E-state index in [4.69, 9.17) is 16.9 Å². The van der Waals surface area contributed by atoms with E-state index in [1.807, 2.05) is 12.1 Å². The molecule has 3 nitrogen and oxygen atoms in total. The van der Waals surface area contributed by atoms with Crippen molar-refractivity contribution in [1.82, 2.24) is 5.32 Å². The number of nitriles is 1. The van der Waals surface area contributed by atoms with Crippen molar-refractivity contribution in [1.29, 1.82) is 5.26 Å². The molecule has 0 aliphatic rings. The van der Waals surface area contributed by atoms with E-state index < -0.39 is 0 Å². The molecular weight excluding hydrogens is 224 g/mol. The Balaban J connectivity index is 2.27. The lowest BCUT2D eigenvalue weighted by Gasteiger charge is -2.07.